The van der Waals surface area contributed by atoms with Crippen LogP contribution >= 0.6 is 0 Å². The molecule has 4 nitrogen and oxygen atoms in total. The van der Waals surface area contributed by atoms with E-state index in [1.807, 2.05) is 0 Å². The third-order valence-corrected chi connectivity index (χ3v) is 7.24. The number of sulfonamides is 1. The standard InChI is InChI=1S/C16H30N2O2S/c1-21(19,20)18-10-8-15(9-11-18)17-16-7-6-13-4-2-3-5-14(13)12-16/h13-17H,2-12H2,1H3. The SMILES string of the molecule is CS(=O)(=O)N1CCC(NC2CCC3CCCCC3C2)CC1. The molecule has 0 spiro atoms. The van der Waals surface area contributed by atoms with Crippen LogP contribution in [0.3, 0.4) is 0 Å². The molecule has 2 aliphatic carbocycles. The molecular formula is C16H30N2O2S. The zero-order valence-electron chi connectivity index (χ0n) is 13.3. The molecule has 21 heavy (non-hydrogen) atoms. The van der Waals surface area contributed by atoms with Gasteiger partial charge in [-0.3, -0.25) is 0 Å². The molecule has 3 rings (SSSR count). The molecule has 2 saturated carbocycles. The van der Waals surface area contributed by atoms with Gasteiger partial charge in [0.05, 0.1) is 6.26 Å². The van der Waals surface area contributed by atoms with E-state index in [1.165, 1.54) is 51.2 Å². The summed E-state index contributed by atoms with van der Waals surface area (Å²) in [6, 6.07) is 1.20. The Bertz CT molecular complexity index is 443. The van der Waals surface area contributed by atoms with Crippen LogP contribution in [-0.2, 0) is 10.0 Å². The molecule has 1 saturated heterocycles. The first-order chi connectivity index (χ1) is 10.0. The fourth-order valence-corrected chi connectivity index (χ4v) is 5.59. The zero-order chi connectivity index (χ0) is 14.9. The lowest BCUT2D eigenvalue weighted by Gasteiger charge is -2.41. The Labute approximate surface area is 129 Å². The Balaban J connectivity index is 1.45. The maximum absolute atomic E-state index is 11.5. The molecule has 0 aromatic rings. The largest absolute Gasteiger partial charge is 0.311 e. The van der Waals surface area contributed by atoms with Crippen LogP contribution in [-0.4, -0.2) is 44.2 Å². The normalized spacial score (nSPS) is 36.3. The van der Waals surface area contributed by atoms with Crippen molar-refractivity contribution in [1.82, 2.24) is 9.62 Å². The van der Waals surface area contributed by atoms with Gasteiger partial charge in [-0.05, 0) is 43.9 Å². The lowest BCUT2D eigenvalue weighted by Crippen LogP contribution is -2.49. The predicted molar refractivity (Wildman–Crippen MR) is 85.7 cm³/mol. The van der Waals surface area contributed by atoms with Crippen molar-refractivity contribution in [1.29, 1.82) is 0 Å². The van der Waals surface area contributed by atoms with E-state index in [2.05, 4.69) is 5.32 Å². The van der Waals surface area contributed by atoms with Crippen LogP contribution in [0.25, 0.3) is 0 Å². The Hall–Kier alpha value is -0.130. The number of fused-ring (bicyclic) bond motifs is 1. The van der Waals surface area contributed by atoms with Gasteiger partial charge in [-0.2, -0.15) is 0 Å². The second-order valence-electron chi connectivity index (χ2n) is 7.42. The van der Waals surface area contributed by atoms with E-state index in [0.717, 1.165) is 24.7 Å². The van der Waals surface area contributed by atoms with Crippen molar-refractivity contribution in [2.24, 2.45) is 11.8 Å². The maximum Gasteiger partial charge on any atom is 0.211 e. The van der Waals surface area contributed by atoms with Gasteiger partial charge in [0.15, 0.2) is 0 Å². The van der Waals surface area contributed by atoms with E-state index < -0.39 is 10.0 Å². The van der Waals surface area contributed by atoms with Crippen LogP contribution in [0.4, 0.5) is 0 Å². The molecule has 3 atom stereocenters. The van der Waals surface area contributed by atoms with Crippen molar-refractivity contribution >= 4 is 10.0 Å². The second kappa shape index (κ2) is 6.55. The van der Waals surface area contributed by atoms with E-state index >= 15 is 0 Å². The summed E-state index contributed by atoms with van der Waals surface area (Å²) in [7, 11) is -2.99. The Kier molecular flexibility index (Phi) is 4.91. The van der Waals surface area contributed by atoms with E-state index in [1.54, 1.807) is 4.31 Å². The van der Waals surface area contributed by atoms with Gasteiger partial charge in [-0.15, -0.1) is 0 Å². The van der Waals surface area contributed by atoms with Crippen molar-refractivity contribution in [3.8, 4) is 0 Å². The summed E-state index contributed by atoms with van der Waals surface area (Å²) in [6.07, 6.45) is 13.1. The van der Waals surface area contributed by atoms with Crippen LogP contribution in [0.2, 0.25) is 0 Å². The van der Waals surface area contributed by atoms with Crippen molar-refractivity contribution < 1.29 is 8.42 Å². The fourth-order valence-electron chi connectivity index (χ4n) is 4.71. The van der Waals surface area contributed by atoms with Gasteiger partial charge < -0.3 is 5.32 Å². The third-order valence-electron chi connectivity index (χ3n) is 5.93. The monoisotopic (exact) mass is 314 g/mol. The summed E-state index contributed by atoms with van der Waals surface area (Å²) in [5.41, 5.74) is 0. The molecule has 1 heterocycles. The molecule has 3 aliphatic rings. The average molecular weight is 314 g/mol. The van der Waals surface area contributed by atoms with Gasteiger partial charge in [-0.25, -0.2) is 12.7 Å². The molecule has 0 radical (unpaired) electrons. The molecule has 0 aromatic carbocycles. The summed E-state index contributed by atoms with van der Waals surface area (Å²) in [4.78, 5) is 0. The number of rotatable bonds is 3. The molecule has 3 fully saturated rings. The van der Waals surface area contributed by atoms with Crippen LogP contribution in [0.1, 0.15) is 57.8 Å². The molecular weight excluding hydrogens is 284 g/mol. The third kappa shape index (κ3) is 3.99. The van der Waals surface area contributed by atoms with Crippen LogP contribution in [0, 0.1) is 11.8 Å². The Morgan fingerprint density at radius 2 is 1.52 bits per heavy atom. The lowest BCUT2D eigenvalue weighted by molar-refractivity contribution is 0.132. The van der Waals surface area contributed by atoms with Crippen molar-refractivity contribution in [2.45, 2.75) is 69.9 Å². The topological polar surface area (TPSA) is 49.4 Å². The van der Waals surface area contributed by atoms with Crippen LogP contribution in [0.15, 0.2) is 0 Å². The van der Waals surface area contributed by atoms with Crippen LogP contribution < -0.4 is 5.32 Å². The highest BCUT2D eigenvalue weighted by molar-refractivity contribution is 7.88. The number of nitrogens with zero attached hydrogens (tertiary/aromatic N) is 1. The smallest absolute Gasteiger partial charge is 0.211 e. The quantitative estimate of drug-likeness (QED) is 0.870. The first kappa shape index (κ1) is 15.8. The number of hydrogen-bond donors (Lipinski definition) is 1. The molecule has 0 aromatic heterocycles. The Morgan fingerprint density at radius 1 is 0.857 bits per heavy atom. The lowest BCUT2D eigenvalue weighted by atomic mass is 9.69. The predicted octanol–water partition coefficient (Wildman–Crippen LogP) is 2.36. The molecule has 1 N–H and O–H groups in total. The molecule has 122 valence electrons. The second-order valence-corrected chi connectivity index (χ2v) is 9.40. The first-order valence-corrected chi connectivity index (χ1v) is 10.6. The van der Waals surface area contributed by atoms with Gasteiger partial charge in [0.25, 0.3) is 0 Å². The summed E-state index contributed by atoms with van der Waals surface area (Å²) in [5, 5.41) is 3.84. The zero-order valence-corrected chi connectivity index (χ0v) is 14.1. The maximum atomic E-state index is 11.5. The number of hydrogen-bond acceptors (Lipinski definition) is 3. The van der Waals surface area contributed by atoms with Gasteiger partial charge in [0.1, 0.15) is 0 Å². The van der Waals surface area contributed by atoms with E-state index in [9.17, 15) is 8.42 Å². The van der Waals surface area contributed by atoms with Gasteiger partial charge in [0, 0.05) is 25.2 Å². The van der Waals surface area contributed by atoms with Gasteiger partial charge >= 0.3 is 0 Å². The summed E-state index contributed by atoms with van der Waals surface area (Å²) < 4.78 is 24.7. The number of piperidine rings is 1. The summed E-state index contributed by atoms with van der Waals surface area (Å²) >= 11 is 0. The van der Waals surface area contributed by atoms with E-state index in [-0.39, 0.29) is 0 Å². The molecule has 1 aliphatic heterocycles. The van der Waals surface area contributed by atoms with Crippen LogP contribution in [0.5, 0.6) is 0 Å². The minimum absolute atomic E-state index is 0.521. The van der Waals surface area contributed by atoms with Gasteiger partial charge in [-0.1, -0.05) is 25.7 Å². The molecule has 3 unspecified atom stereocenters. The highest BCUT2D eigenvalue weighted by Gasteiger charge is 2.33. The summed E-state index contributed by atoms with van der Waals surface area (Å²) in [5.74, 6) is 1.96. The van der Waals surface area contributed by atoms with E-state index in [4.69, 9.17) is 0 Å². The average Bonchev–Trinajstić information content (AvgIpc) is 2.47. The summed E-state index contributed by atoms with van der Waals surface area (Å²) in [6.45, 7) is 1.38. The molecule has 5 heteroatoms. The number of nitrogens with one attached hydrogen (secondary N) is 1. The highest BCUT2D eigenvalue weighted by Crippen LogP contribution is 2.40. The van der Waals surface area contributed by atoms with Crippen molar-refractivity contribution in [2.75, 3.05) is 19.3 Å². The van der Waals surface area contributed by atoms with Gasteiger partial charge in [0.2, 0.25) is 10.0 Å². The van der Waals surface area contributed by atoms with Crippen molar-refractivity contribution in [3.63, 3.8) is 0 Å². The highest BCUT2D eigenvalue weighted by atomic mass is 32.2. The minimum Gasteiger partial charge on any atom is -0.311 e. The van der Waals surface area contributed by atoms with Crippen molar-refractivity contribution in [3.05, 3.63) is 0 Å². The molecule has 0 bridgehead atoms. The Morgan fingerprint density at radius 3 is 2.19 bits per heavy atom. The van der Waals surface area contributed by atoms with E-state index in [0.29, 0.717) is 25.2 Å². The minimum atomic E-state index is -2.99. The fraction of sp³-hybridized carbons (Fsp3) is 1.00. The first-order valence-electron chi connectivity index (χ1n) is 8.73. The molecule has 0 amide bonds.